The second-order valence-electron chi connectivity index (χ2n) is 12.9. The fraction of sp³-hybridized carbons (Fsp3) is 0. The number of furan rings is 1. The number of aromatic nitrogens is 2. The molecule has 0 atom stereocenters. The normalized spacial score (nSPS) is 12.1. The predicted molar refractivity (Wildman–Crippen MR) is 205 cm³/mol. The van der Waals surface area contributed by atoms with Crippen LogP contribution in [0.4, 0.5) is 0 Å². The van der Waals surface area contributed by atoms with Gasteiger partial charge in [-0.3, -0.25) is 0 Å². The molecule has 3 heterocycles. The Bertz CT molecular complexity index is 3100. The molecule has 0 fully saturated rings. The van der Waals surface area contributed by atoms with Crippen molar-refractivity contribution in [3.8, 4) is 22.5 Å². The minimum absolute atomic E-state index is 0.910. The summed E-state index contributed by atoms with van der Waals surface area (Å²) in [5.74, 6) is 0. The Labute approximate surface area is 281 Å². The summed E-state index contributed by atoms with van der Waals surface area (Å²) in [5.41, 5.74) is 11.4. The second-order valence-corrected chi connectivity index (χ2v) is 12.9. The minimum Gasteiger partial charge on any atom is -0.455 e. The van der Waals surface area contributed by atoms with E-state index < -0.39 is 0 Å². The highest BCUT2D eigenvalue weighted by Gasteiger charge is 2.21. The zero-order valence-corrected chi connectivity index (χ0v) is 26.5. The van der Waals surface area contributed by atoms with Gasteiger partial charge >= 0.3 is 0 Å². The summed E-state index contributed by atoms with van der Waals surface area (Å²) in [4.78, 5) is 0. The third kappa shape index (κ3) is 3.67. The van der Waals surface area contributed by atoms with E-state index in [1.165, 1.54) is 60.4 Å². The van der Waals surface area contributed by atoms with E-state index in [1.807, 2.05) is 6.07 Å². The smallest absolute Gasteiger partial charge is 0.143 e. The minimum atomic E-state index is 0.910. The number of hydrogen-bond donors (Lipinski definition) is 0. The highest BCUT2D eigenvalue weighted by Crippen LogP contribution is 2.44. The molecule has 3 nitrogen and oxygen atoms in total. The fourth-order valence-corrected chi connectivity index (χ4v) is 8.23. The largest absolute Gasteiger partial charge is 0.455 e. The van der Waals surface area contributed by atoms with E-state index in [4.69, 9.17) is 4.42 Å². The van der Waals surface area contributed by atoms with Crippen LogP contribution in [0.1, 0.15) is 0 Å². The van der Waals surface area contributed by atoms with Crippen molar-refractivity contribution in [2.24, 2.45) is 0 Å². The van der Waals surface area contributed by atoms with Gasteiger partial charge in [0, 0.05) is 48.8 Å². The van der Waals surface area contributed by atoms with Gasteiger partial charge in [-0.15, -0.1) is 0 Å². The van der Waals surface area contributed by atoms with E-state index in [2.05, 4.69) is 173 Å². The maximum atomic E-state index is 6.47. The number of benzene rings is 8. The number of para-hydroxylation sites is 4. The molecule has 0 aliphatic heterocycles. The summed E-state index contributed by atoms with van der Waals surface area (Å²) < 4.78 is 11.3. The van der Waals surface area contributed by atoms with E-state index >= 15 is 0 Å². The molecule has 0 unspecified atom stereocenters. The topological polar surface area (TPSA) is 23.0 Å². The zero-order valence-electron chi connectivity index (χ0n) is 26.5. The van der Waals surface area contributed by atoms with Crippen LogP contribution in [-0.4, -0.2) is 9.13 Å². The summed E-state index contributed by atoms with van der Waals surface area (Å²) in [6.45, 7) is 0. The summed E-state index contributed by atoms with van der Waals surface area (Å²) >= 11 is 0. The molecule has 49 heavy (non-hydrogen) atoms. The van der Waals surface area contributed by atoms with Gasteiger partial charge in [-0.25, -0.2) is 0 Å². The van der Waals surface area contributed by atoms with Gasteiger partial charge in [0.2, 0.25) is 0 Å². The lowest BCUT2D eigenvalue weighted by molar-refractivity contribution is 0.672. The van der Waals surface area contributed by atoms with Gasteiger partial charge < -0.3 is 13.6 Å². The van der Waals surface area contributed by atoms with Gasteiger partial charge in [-0.2, -0.15) is 0 Å². The van der Waals surface area contributed by atoms with Gasteiger partial charge in [0.25, 0.3) is 0 Å². The first-order valence-corrected chi connectivity index (χ1v) is 16.8. The summed E-state index contributed by atoms with van der Waals surface area (Å²) in [5, 5.41) is 9.55. The Morgan fingerprint density at radius 3 is 1.84 bits per heavy atom. The lowest BCUT2D eigenvalue weighted by Crippen LogP contribution is -1.96. The fourth-order valence-electron chi connectivity index (χ4n) is 8.23. The van der Waals surface area contributed by atoms with Crippen LogP contribution in [0.2, 0.25) is 0 Å². The molecule has 0 radical (unpaired) electrons. The average molecular weight is 625 g/mol. The van der Waals surface area contributed by atoms with Crippen LogP contribution in [0.3, 0.4) is 0 Å². The molecule has 3 heteroatoms. The monoisotopic (exact) mass is 624 g/mol. The van der Waals surface area contributed by atoms with Crippen molar-refractivity contribution < 1.29 is 4.42 Å². The lowest BCUT2D eigenvalue weighted by atomic mass is 9.98. The molecule has 0 aliphatic carbocycles. The molecule has 8 aromatic carbocycles. The summed E-state index contributed by atoms with van der Waals surface area (Å²) in [6, 6.07) is 61.3. The molecular weight excluding hydrogens is 597 g/mol. The molecule has 0 amide bonds. The van der Waals surface area contributed by atoms with Gasteiger partial charge in [0.1, 0.15) is 11.2 Å². The first-order chi connectivity index (χ1) is 24.3. The van der Waals surface area contributed by atoms with Crippen molar-refractivity contribution in [3.05, 3.63) is 170 Å². The number of rotatable bonds is 3. The molecule has 0 N–H and O–H groups in total. The van der Waals surface area contributed by atoms with E-state index in [0.717, 1.165) is 38.4 Å². The van der Waals surface area contributed by atoms with Crippen molar-refractivity contribution in [3.63, 3.8) is 0 Å². The molecule has 0 aliphatic rings. The molecule has 0 saturated heterocycles. The summed E-state index contributed by atoms with van der Waals surface area (Å²) in [6.07, 6.45) is 0. The van der Waals surface area contributed by atoms with Crippen molar-refractivity contribution in [1.82, 2.24) is 9.13 Å². The van der Waals surface area contributed by atoms with Crippen LogP contribution in [0.25, 0.3) is 98.8 Å². The maximum Gasteiger partial charge on any atom is 0.143 e. The van der Waals surface area contributed by atoms with Crippen LogP contribution in [0, 0.1) is 0 Å². The molecule has 11 rings (SSSR count). The first kappa shape index (κ1) is 26.5. The lowest BCUT2D eigenvalue weighted by Gasteiger charge is -2.13. The Morgan fingerprint density at radius 1 is 0.367 bits per heavy atom. The van der Waals surface area contributed by atoms with Crippen LogP contribution in [0.5, 0.6) is 0 Å². The number of nitrogens with zero attached hydrogens (tertiary/aromatic N) is 2. The van der Waals surface area contributed by atoms with Gasteiger partial charge in [0.05, 0.1) is 27.8 Å². The highest BCUT2D eigenvalue weighted by molar-refractivity contribution is 6.21. The average Bonchev–Trinajstić information content (AvgIpc) is 3.82. The van der Waals surface area contributed by atoms with Gasteiger partial charge in [-0.05, 0) is 65.7 Å². The second kappa shape index (κ2) is 9.96. The predicted octanol–water partition coefficient (Wildman–Crippen LogP) is 12.6. The Morgan fingerprint density at radius 2 is 1.00 bits per heavy atom. The van der Waals surface area contributed by atoms with Crippen LogP contribution >= 0.6 is 0 Å². The molecule has 228 valence electrons. The van der Waals surface area contributed by atoms with Gasteiger partial charge in [-0.1, -0.05) is 115 Å². The standard InChI is InChI=1S/C46H28N2O/c1-2-13-30(14-3-1)47-39-21-9-6-16-33(39)37-27-29(25-26-41(37)47)31-20-12-23-42-45(31)36-19-7-10-22-40(36)48(42)43-28-38-34-17-8-11-24-44(34)49-46(38)35-18-5-4-15-32(35)43/h1-28H. The van der Waals surface area contributed by atoms with E-state index in [-0.39, 0.29) is 0 Å². The molecule has 0 bridgehead atoms. The highest BCUT2D eigenvalue weighted by atomic mass is 16.3. The molecule has 3 aromatic heterocycles. The Hall–Kier alpha value is -6.58. The maximum absolute atomic E-state index is 6.47. The van der Waals surface area contributed by atoms with Crippen molar-refractivity contribution in [2.75, 3.05) is 0 Å². The molecule has 0 spiro atoms. The summed E-state index contributed by atoms with van der Waals surface area (Å²) in [7, 11) is 0. The molecular formula is C46H28N2O. The third-order valence-electron chi connectivity index (χ3n) is 10.3. The molecule has 0 saturated carbocycles. The van der Waals surface area contributed by atoms with Crippen molar-refractivity contribution in [1.29, 1.82) is 0 Å². The van der Waals surface area contributed by atoms with Crippen molar-refractivity contribution >= 4 is 76.3 Å². The SMILES string of the molecule is c1ccc(-n2c3ccccc3c3cc(-c4cccc5c4c4ccccc4n5-c4cc5c6ccccc6oc5c5ccccc45)ccc32)cc1. The van der Waals surface area contributed by atoms with E-state index in [0.29, 0.717) is 0 Å². The number of fused-ring (bicyclic) bond motifs is 11. The van der Waals surface area contributed by atoms with E-state index in [9.17, 15) is 0 Å². The van der Waals surface area contributed by atoms with Crippen LogP contribution < -0.4 is 0 Å². The Kier molecular flexibility index (Phi) is 5.38. The van der Waals surface area contributed by atoms with Crippen LogP contribution in [0.15, 0.2) is 174 Å². The van der Waals surface area contributed by atoms with E-state index in [1.54, 1.807) is 0 Å². The first-order valence-electron chi connectivity index (χ1n) is 16.8. The third-order valence-corrected chi connectivity index (χ3v) is 10.3. The zero-order chi connectivity index (χ0) is 32.1. The Balaban J connectivity index is 1.22. The quantitative estimate of drug-likeness (QED) is 0.192. The van der Waals surface area contributed by atoms with Gasteiger partial charge in [0.15, 0.2) is 0 Å². The molecule has 11 aromatic rings. The number of hydrogen-bond acceptors (Lipinski definition) is 1. The van der Waals surface area contributed by atoms with Crippen molar-refractivity contribution in [2.45, 2.75) is 0 Å². The van der Waals surface area contributed by atoms with Crippen LogP contribution in [-0.2, 0) is 0 Å².